The third kappa shape index (κ3) is 2.02. The van der Waals surface area contributed by atoms with E-state index in [1.807, 2.05) is 0 Å². The maximum absolute atomic E-state index is 12.7. The second kappa shape index (κ2) is 3.30. The van der Waals surface area contributed by atoms with Crippen LogP contribution in [0.5, 0.6) is 0 Å². The van der Waals surface area contributed by atoms with Crippen molar-refractivity contribution in [3.05, 3.63) is 41.8 Å². The first-order chi connectivity index (χ1) is 5.59. The van der Waals surface area contributed by atoms with E-state index in [1.54, 1.807) is 0 Å². The van der Waals surface area contributed by atoms with Gasteiger partial charge in [-0.15, -0.1) is 0 Å². The molecule has 1 rings (SSSR count). The molecule has 1 amide bonds. The smallest absolute Gasteiger partial charge is 0.226 e. The number of benzene rings is 1. The number of carbonyl (C=O) groups is 1. The Morgan fingerprint density at radius 3 is 2.58 bits per heavy atom. The molecule has 0 atom stereocenters. The van der Waals surface area contributed by atoms with Gasteiger partial charge in [-0.25, -0.2) is 8.78 Å². The lowest BCUT2D eigenvalue weighted by molar-refractivity contribution is -0.114. The number of amides is 1. The molecule has 4 heteroatoms. The lowest BCUT2D eigenvalue weighted by Crippen LogP contribution is -2.12. The summed E-state index contributed by atoms with van der Waals surface area (Å²) in [6.45, 7) is 0. The largest absolute Gasteiger partial charge is 0.369 e. The molecule has 0 fully saturated rings. The van der Waals surface area contributed by atoms with E-state index >= 15 is 0 Å². The number of hydrogen-bond donors (Lipinski definition) is 1. The van der Waals surface area contributed by atoms with Crippen LogP contribution in [0.2, 0.25) is 0 Å². The van der Waals surface area contributed by atoms with Gasteiger partial charge in [-0.05, 0) is 6.07 Å². The van der Waals surface area contributed by atoms with E-state index in [2.05, 4.69) is 0 Å². The van der Waals surface area contributed by atoms with Crippen LogP contribution in [0.1, 0.15) is 5.56 Å². The minimum absolute atomic E-state index is 0.0103. The van der Waals surface area contributed by atoms with Gasteiger partial charge in [-0.3, -0.25) is 4.79 Å². The fourth-order valence-corrected chi connectivity index (χ4v) is 0.772. The molecular weight excluding hydrogens is 164 g/mol. The molecule has 1 aromatic carbocycles. The topological polar surface area (TPSA) is 43.1 Å². The second-order valence-electron chi connectivity index (χ2n) is 2.21. The van der Waals surface area contributed by atoms with Gasteiger partial charge in [-0.1, -0.05) is 6.07 Å². The van der Waals surface area contributed by atoms with Crippen molar-refractivity contribution in [3.8, 4) is 0 Å². The van der Waals surface area contributed by atoms with Crippen LogP contribution in [-0.4, -0.2) is 5.91 Å². The number of carbonyl (C=O) groups excluding carboxylic acids is 1. The van der Waals surface area contributed by atoms with Gasteiger partial charge in [0.2, 0.25) is 5.91 Å². The number of rotatable bonds is 2. The van der Waals surface area contributed by atoms with Crippen molar-refractivity contribution in [1.29, 1.82) is 0 Å². The Balaban J connectivity index is 2.93. The Hall–Kier alpha value is -1.45. The van der Waals surface area contributed by atoms with Crippen LogP contribution >= 0.6 is 0 Å². The molecule has 0 saturated heterocycles. The quantitative estimate of drug-likeness (QED) is 0.706. The van der Waals surface area contributed by atoms with E-state index in [4.69, 9.17) is 5.73 Å². The Kier molecular flexibility index (Phi) is 2.38. The van der Waals surface area contributed by atoms with Crippen LogP contribution in [-0.2, 0) is 4.79 Å². The highest BCUT2D eigenvalue weighted by molar-refractivity contribution is 5.86. The third-order valence-electron chi connectivity index (χ3n) is 1.26. The van der Waals surface area contributed by atoms with E-state index in [1.165, 1.54) is 0 Å². The molecule has 1 aromatic rings. The Labute approximate surface area is 68.0 Å². The highest BCUT2D eigenvalue weighted by Gasteiger charge is 2.06. The number of primary amides is 1. The molecule has 2 N–H and O–H groups in total. The third-order valence-corrected chi connectivity index (χ3v) is 1.26. The number of halogens is 2. The lowest BCUT2D eigenvalue weighted by atomic mass is 10.1. The van der Waals surface area contributed by atoms with Gasteiger partial charge in [0.1, 0.15) is 11.6 Å². The second-order valence-corrected chi connectivity index (χ2v) is 2.21. The number of nitrogens with two attached hydrogens (primary N) is 1. The van der Waals surface area contributed by atoms with Crippen molar-refractivity contribution >= 4 is 5.91 Å². The van der Waals surface area contributed by atoms with E-state index < -0.39 is 17.5 Å². The Bertz CT molecular complexity index is 312. The zero-order valence-corrected chi connectivity index (χ0v) is 6.05. The van der Waals surface area contributed by atoms with Crippen LogP contribution in [0.4, 0.5) is 8.78 Å². The first-order valence-corrected chi connectivity index (χ1v) is 3.19. The molecule has 1 radical (unpaired) electrons. The van der Waals surface area contributed by atoms with Gasteiger partial charge in [0, 0.05) is 11.6 Å². The van der Waals surface area contributed by atoms with Gasteiger partial charge in [0.05, 0.1) is 6.42 Å². The monoisotopic (exact) mass is 170 g/mol. The van der Waals surface area contributed by atoms with Crippen LogP contribution in [0.3, 0.4) is 0 Å². The predicted octanol–water partition coefficient (Wildman–Crippen LogP) is 1.00. The van der Waals surface area contributed by atoms with Crippen molar-refractivity contribution in [2.45, 2.75) is 0 Å². The maximum Gasteiger partial charge on any atom is 0.226 e. The van der Waals surface area contributed by atoms with Crippen LogP contribution < -0.4 is 5.73 Å². The summed E-state index contributed by atoms with van der Waals surface area (Å²) in [4.78, 5) is 10.3. The van der Waals surface area contributed by atoms with Crippen molar-refractivity contribution in [2.75, 3.05) is 0 Å². The molecule has 63 valence electrons. The fraction of sp³-hybridized carbons (Fsp3) is 0. The van der Waals surface area contributed by atoms with Gasteiger partial charge in [0.15, 0.2) is 0 Å². The standard InChI is InChI=1S/C8H6F2NO/c9-6-2-1-5(3-8(11)12)7(10)4-6/h1-4H,(H2,11,12). The average molecular weight is 170 g/mol. The first-order valence-electron chi connectivity index (χ1n) is 3.19. The maximum atomic E-state index is 12.7. The summed E-state index contributed by atoms with van der Waals surface area (Å²) in [5, 5.41) is 0. The summed E-state index contributed by atoms with van der Waals surface area (Å²) >= 11 is 0. The number of hydrogen-bond acceptors (Lipinski definition) is 1. The van der Waals surface area contributed by atoms with Gasteiger partial charge >= 0.3 is 0 Å². The Morgan fingerprint density at radius 2 is 2.08 bits per heavy atom. The minimum Gasteiger partial charge on any atom is -0.369 e. The minimum atomic E-state index is -0.797. The molecule has 0 saturated carbocycles. The van der Waals surface area contributed by atoms with E-state index in [0.717, 1.165) is 18.6 Å². The summed E-state index contributed by atoms with van der Waals surface area (Å²) in [6, 6.07) is 2.89. The van der Waals surface area contributed by atoms with Gasteiger partial charge in [-0.2, -0.15) is 0 Å². The summed E-state index contributed by atoms with van der Waals surface area (Å²) in [5.41, 5.74) is 4.77. The van der Waals surface area contributed by atoms with Crippen molar-refractivity contribution in [2.24, 2.45) is 5.73 Å². The van der Waals surface area contributed by atoms with Crippen LogP contribution in [0.25, 0.3) is 0 Å². The molecule has 0 heterocycles. The van der Waals surface area contributed by atoms with E-state index in [9.17, 15) is 13.6 Å². The predicted molar refractivity (Wildman–Crippen MR) is 39.0 cm³/mol. The molecule has 12 heavy (non-hydrogen) atoms. The first kappa shape index (κ1) is 8.64. The van der Waals surface area contributed by atoms with Gasteiger partial charge in [0.25, 0.3) is 0 Å². The van der Waals surface area contributed by atoms with Crippen molar-refractivity contribution in [3.63, 3.8) is 0 Å². The molecule has 0 aliphatic carbocycles. The summed E-state index contributed by atoms with van der Waals surface area (Å²) in [7, 11) is 0. The molecule has 0 aromatic heterocycles. The van der Waals surface area contributed by atoms with E-state index in [-0.39, 0.29) is 5.56 Å². The molecular formula is C8H6F2NO. The highest BCUT2D eigenvalue weighted by atomic mass is 19.1. The molecule has 0 bridgehead atoms. The molecule has 0 spiro atoms. The molecule has 2 nitrogen and oxygen atoms in total. The normalized spacial score (nSPS) is 9.83. The molecule has 0 aliphatic heterocycles. The molecule has 0 unspecified atom stereocenters. The van der Waals surface area contributed by atoms with Crippen molar-refractivity contribution < 1.29 is 13.6 Å². The van der Waals surface area contributed by atoms with Crippen molar-refractivity contribution in [1.82, 2.24) is 0 Å². The SMILES string of the molecule is NC(=O)[CH]c1ccc(F)cc1F. The zero-order valence-electron chi connectivity index (χ0n) is 6.05. The lowest BCUT2D eigenvalue weighted by Gasteiger charge is -1.98. The summed E-state index contributed by atoms with van der Waals surface area (Å²) in [5.74, 6) is -2.25. The molecule has 0 aliphatic rings. The van der Waals surface area contributed by atoms with Gasteiger partial charge < -0.3 is 5.73 Å². The average Bonchev–Trinajstić information content (AvgIpc) is 1.94. The van der Waals surface area contributed by atoms with Crippen LogP contribution in [0, 0.1) is 18.1 Å². The van der Waals surface area contributed by atoms with Crippen LogP contribution in [0.15, 0.2) is 18.2 Å². The summed E-state index contributed by atoms with van der Waals surface area (Å²) < 4.78 is 25.0. The Morgan fingerprint density at radius 1 is 1.42 bits per heavy atom. The highest BCUT2D eigenvalue weighted by Crippen LogP contribution is 2.10. The zero-order chi connectivity index (χ0) is 9.14. The fourth-order valence-electron chi connectivity index (χ4n) is 0.772. The summed E-state index contributed by atoms with van der Waals surface area (Å²) in [6.07, 6.45) is 0.898. The van der Waals surface area contributed by atoms with E-state index in [0.29, 0.717) is 6.07 Å².